The Kier molecular flexibility index (Phi) is 6.28. The summed E-state index contributed by atoms with van der Waals surface area (Å²) in [7, 11) is 3.31. The third-order valence-electron chi connectivity index (χ3n) is 4.19. The van der Waals surface area contributed by atoms with E-state index >= 15 is 0 Å². The Balaban J connectivity index is 1.81. The van der Waals surface area contributed by atoms with E-state index in [0.717, 1.165) is 28.3 Å². The summed E-state index contributed by atoms with van der Waals surface area (Å²) in [5.74, 6) is 1.60. The monoisotopic (exact) mass is 378 g/mol. The van der Waals surface area contributed by atoms with Gasteiger partial charge in [-0.15, -0.1) is 0 Å². The van der Waals surface area contributed by atoms with Gasteiger partial charge in [-0.3, -0.25) is 0 Å². The summed E-state index contributed by atoms with van der Waals surface area (Å²) >= 11 is 5.55. The van der Waals surface area contributed by atoms with E-state index in [1.54, 1.807) is 14.2 Å². The second-order valence-corrected chi connectivity index (χ2v) is 6.36. The van der Waals surface area contributed by atoms with E-state index in [1.165, 1.54) is 0 Å². The van der Waals surface area contributed by atoms with Gasteiger partial charge in [0.25, 0.3) is 0 Å². The van der Waals surface area contributed by atoms with Crippen LogP contribution in [0.1, 0.15) is 17.2 Å². The first-order valence-electron chi connectivity index (χ1n) is 8.60. The molecule has 2 N–H and O–H groups in total. The number of benzene rings is 3. The van der Waals surface area contributed by atoms with Gasteiger partial charge in [0, 0.05) is 11.8 Å². The van der Waals surface area contributed by atoms with Crippen LogP contribution in [0.2, 0.25) is 0 Å². The maximum Gasteiger partial charge on any atom is 0.171 e. The molecule has 0 heterocycles. The topological polar surface area (TPSA) is 42.5 Å². The van der Waals surface area contributed by atoms with Crippen molar-refractivity contribution in [2.45, 2.75) is 6.04 Å². The minimum absolute atomic E-state index is 0.0808. The molecule has 3 aromatic carbocycles. The Bertz CT molecular complexity index is 882. The van der Waals surface area contributed by atoms with Crippen LogP contribution in [-0.2, 0) is 0 Å². The van der Waals surface area contributed by atoms with Gasteiger partial charge >= 0.3 is 0 Å². The van der Waals surface area contributed by atoms with Crippen molar-refractivity contribution < 1.29 is 9.47 Å². The predicted molar refractivity (Wildman–Crippen MR) is 114 cm³/mol. The first-order chi connectivity index (χ1) is 13.2. The average molecular weight is 378 g/mol. The van der Waals surface area contributed by atoms with Crippen LogP contribution in [0.25, 0.3) is 0 Å². The number of nitrogens with one attached hydrogen (secondary N) is 2. The second kappa shape index (κ2) is 9.05. The van der Waals surface area contributed by atoms with Gasteiger partial charge in [-0.1, -0.05) is 48.5 Å². The normalized spacial score (nSPS) is 11.3. The lowest BCUT2D eigenvalue weighted by atomic mass is 9.99. The zero-order chi connectivity index (χ0) is 19.1. The molecule has 27 heavy (non-hydrogen) atoms. The number of hydrogen-bond donors (Lipinski definition) is 2. The average Bonchev–Trinajstić information content (AvgIpc) is 2.73. The van der Waals surface area contributed by atoms with Crippen molar-refractivity contribution in [3.8, 4) is 11.5 Å². The van der Waals surface area contributed by atoms with E-state index in [4.69, 9.17) is 21.7 Å². The highest BCUT2D eigenvalue weighted by atomic mass is 32.1. The highest BCUT2D eigenvalue weighted by Crippen LogP contribution is 2.24. The van der Waals surface area contributed by atoms with Crippen molar-refractivity contribution in [2.24, 2.45) is 0 Å². The minimum atomic E-state index is -0.0808. The Morgan fingerprint density at radius 3 is 2.11 bits per heavy atom. The molecule has 3 aromatic rings. The maximum absolute atomic E-state index is 5.55. The van der Waals surface area contributed by atoms with Crippen molar-refractivity contribution in [1.82, 2.24) is 5.32 Å². The van der Waals surface area contributed by atoms with E-state index in [0.29, 0.717) is 5.11 Å². The number of hydrogen-bond acceptors (Lipinski definition) is 3. The Hall–Kier alpha value is -3.05. The Labute approximate surface area is 165 Å². The Morgan fingerprint density at radius 2 is 1.44 bits per heavy atom. The van der Waals surface area contributed by atoms with E-state index in [2.05, 4.69) is 22.8 Å². The summed E-state index contributed by atoms with van der Waals surface area (Å²) in [5, 5.41) is 7.17. The van der Waals surface area contributed by atoms with Crippen LogP contribution in [0.5, 0.6) is 11.5 Å². The summed E-state index contributed by atoms with van der Waals surface area (Å²) in [6.07, 6.45) is 0. The molecule has 0 aromatic heterocycles. The third-order valence-corrected chi connectivity index (χ3v) is 4.40. The lowest BCUT2D eigenvalue weighted by molar-refractivity contribution is 0.414. The number of ether oxygens (including phenoxy) is 2. The van der Waals surface area contributed by atoms with Gasteiger partial charge in [-0.25, -0.2) is 0 Å². The van der Waals surface area contributed by atoms with Gasteiger partial charge < -0.3 is 20.1 Å². The van der Waals surface area contributed by atoms with E-state index in [1.807, 2.05) is 66.7 Å². The molecule has 0 aliphatic heterocycles. The molecule has 0 saturated heterocycles. The summed E-state index contributed by atoms with van der Waals surface area (Å²) in [4.78, 5) is 0. The zero-order valence-electron chi connectivity index (χ0n) is 15.3. The molecule has 1 atom stereocenters. The quantitative estimate of drug-likeness (QED) is 0.604. The Morgan fingerprint density at radius 1 is 0.778 bits per heavy atom. The van der Waals surface area contributed by atoms with Gasteiger partial charge in [0.2, 0.25) is 0 Å². The molecule has 138 valence electrons. The zero-order valence-corrected chi connectivity index (χ0v) is 16.1. The standard InChI is InChI=1S/C22H22N2O2S/c1-25-19-13-11-17(12-14-19)21(16-7-4-3-5-8-16)24-22(27)23-18-9-6-10-20(15-18)26-2/h3-15,21H,1-2H3,(H2,23,24,27)/t21-/m1/s1. The molecule has 3 rings (SSSR count). The molecule has 0 unspecified atom stereocenters. The van der Waals surface area contributed by atoms with Crippen molar-refractivity contribution in [3.05, 3.63) is 90.0 Å². The third kappa shape index (κ3) is 4.99. The van der Waals surface area contributed by atoms with Gasteiger partial charge in [-0.05, 0) is 47.6 Å². The molecule has 4 nitrogen and oxygen atoms in total. The minimum Gasteiger partial charge on any atom is -0.497 e. The number of rotatable bonds is 6. The van der Waals surface area contributed by atoms with Gasteiger partial charge in [-0.2, -0.15) is 0 Å². The van der Waals surface area contributed by atoms with E-state index in [-0.39, 0.29) is 6.04 Å². The molecular weight excluding hydrogens is 356 g/mol. The van der Waals surface area contributed by atoms with E-state index < -0.39 is 0 Å². The second-order valence-electron chi connectivity index (χ2n) is 5.95. The largest absolute Gasteiger partial charge is 0.497 e. The van der Waals surface area contributed by atoms with Crippen LogP contribution in [-0.4, -0.2) is 19.3 Å². The number of methoxy groups -OCH3 is 2. The van der Waals surface area contributed by atoms with Crippen LogP contribution in [0.3, 0.4) is 0 Å². The van der Waals surface area contributed by atoms with Gasteiger partial charge in [0.15, 0.2) is 5.11 Å². The molecule has 0 fully saturated rings. The summed E-state index contributed by atoms with van der Waals surface area (Å²) in [6.45, 7) is 0. The van der Waals surface area contributed by atoms with Gasteiger partial charge in [0.1, 0.15) is 11.5 Å². The van der Waals surface area contributed by atoms with Crippen molar-refractivity contribution >= 4 is 23.0 Å². The van der Waals surface area contributed by atoms with Crippen LogP contribution >= 0.6 is 12.2 Å². The molecule has 0 radical (unpaired) electrons. The highest BCUT2D eigenvalue weighted by Gasteiger charge is 2.15. The van der Waals surface area contributed by atoms with Crippen LogP contribution in [0.4, 0.5) is 5.69 Å². The predicted octanol–water partition coefficient (Wildman–Crippen LogP) is 4.78. The van der Waals surface area contributed by atoms with Crippen LogP contribution < -0.4 is 20.1 Å². The molecule has 0 aliphatic rings. The molecule has 0 spiro atoms. The molecule has 0 amide bonds. The first kappa shape index (κ1) is 18.7. The SMILES string of the molecule is COc1ccc([C@H](NC(=S)Nc2cccc(OC)c2)c2ccccc2)cc1. The molecule has 0 bridgehead atoms. The summed E-state index contributed by atoms with van der Waals surface area (Å²) in [6, 6.07) is 25.8. The fourth-order valence-electron chi connectivity index (χ4n) is 2.80. The smallest absolute Gasteiger partial charge is 0.171 e. The van der Waals surface area contributed by atoms with Crippen LogP contribution in [0, 0.1) is 0 Å². The lowest BCUT2D eigenvalue weighted by Crippen LogP contribution is -2.33. The molecular formula is C22H22N2O2S. The van der Waals surface area contributed by atoms with E-state index in [9.17, 15) is 0 Å². The van der Waals surface area contributed by atoms with Crippen molar-refractivity contribution in [1.29, 1.82) is 0 Å². The lowest BCUT2D eigenvalue weighted by Gasteiger charge is -2.22. The van der Waals surface area contributed by atoms with Gasteiger partial charge in [0.05, 0.1) is 20.3 Å². The van der Waals surface area contributed by atoms with Crippen molar-refractivity contribution in [3.63, 3.8) is 0 Å². The maximum atomic E-state index is 5.55. The number of thiocarbonyl (C=S) groups is 1. The highest BCUT2D eigenvalue weighted by molar-refractivity contribution is 7.80. The first-order valence-corrected chi connectivity index (χ1v) is 9.01. The van der Waals surface area contributed by atoms with Crippen LogP contribution in [0.15, 0.2) is 78.9 Å². The molecule has 0 aliphatic carbocycles. The number of anilines is 1. The molecule has 0 saturated carbocycles. The summed E-state index contributed by atoms with van der Waals surface area (Å²) in [5.41, 5.74) is 3.09. The van der Waals surface area contributed by atoms with Crippen molar-refractivity contribution in [2.75, 3.05) is 19.5 Å². The summed E-state index contributed by atoms with van der Waals surface area (Å²) < 4.78 is 10.5. The fourth-order valence-corrected chi connectivity index (χ4v) is 3.04. The molecule has 5 heteroatoms. The fraction of sp³-hybridized carbons (Fsp3) is 0.136.